The zero-order chi connectivity index (χ0) is 31.2. The highest BCUT2D eigenvalue weighted by atomic mass is 14.9. The molecule has 2 heteroatoms. The lowest BCUT2D eigenvalue weighted by atomic mass is 10.00. The molecule has 4 rings (SSSR count). The zero-order valence-corrected chi connectivity index (χ0v) is 28.8. The topological polar surface area (TPSA) is 24.4 Å². The minimum Gasteiger partial charge on any atom is -0.356 e. The van der Waals surface area contributed by atoms with Crippen molar-refractivity contribution in [3.8, 4) is 0 Å². The Bertz CT molecular complexity index is 1050. The molecule has 0 aromatic heterocycles. The Balaban J connectivity index is 0.00000115. The molecule has 0 bridgehead atoms. The first kappa shape index (κ1) is 38.4. The molecule has 2 aliphatic rings. The van der Waals surface area contributed by atoms with E-state index in [1.807, 2.05) is 13.8 Å². The van der Waals surface area contributed by atoms with E-state index in [0.717, 1.165) is 41.9 Å². The summed E-state index contributed by atoms with van der Waals surface area (Å²) < 4.78 is 0. The average Bonchev–Trinajstić information content (AvgIpc) is 3.24. The molecule has 2 aromatic carbocycles. The largest absolute Gasteiger partial charge is 0.356 e. The maximum atomic E-state index is 4.99. The number of allylic oxidation sites excluding steroid dienone is 1. The lowest BCUT2D eigenvalue weighted by Gasteiger charge is -2.14. The molecule has 1 heterocycles. The van der Waals surface area contributed by atoms with Crippen LogP contribution in [0.1, 0.15) is 162 Å². The van der Waals surface area contributed by atoms with Gasteiger partial charge in [-0.15, -0.1) is 0 Å². The highest BCUT2D eigenvalue weighted by Gasteiger charge is 2.19. The Morgan fingerprint density at radius 2 is 1.51 bits per heavy atom. The summed E-state index contributed by atoms with van der Waals surface area (Å²) in [6.45, 7) is 27.9. The van der Waals surface area contributed by atoms with E-state index >= 15 is 0 Å². The summed E-state index contributed by atoms with van der Waals surface area (Å²) in [5.74, 6) is 0.651. The summed E-state index contributed by atoms with van der Waals surface area (Å²) >= 11 is 0. The number of hydrogen-bond acceptors (Lipinski definition) is 2. The van der Waals surface area contributed by atoms with Crippen LogP contribution in [0.2, 0.25) is 0 Å². The van der Waals surface area contributed by atoms with E-state index in [0.29, 0.717) is 5.92 Å². The Morgan fingerprint density at radius 1 is 0.878 bits per heavy atom. The van der Waals surface area contributed by atoms with Gasteiger partial charge >= 0.3 is 0 Å². The van der Waals surface area contributed by atoms with Crippen LogP contribution in [0.3, 0.4) is 0 Å². The van der Waals surface area contributed by atoms with Crippen LogP contribution in [0, 0.1) is 0 Å². The molecule has 230 valence electrons. The van der Waals surface area contributed by atoms with Gasteiger partial charge in [-0.2, -0.15) is 0 Å². The lowest BCUT2D eigenvalue weighted by molar-refractivity contribution is 0.747. The fourth-order valence-electron chi connectivity index (χ4n) is 4.51. The third kappa shape index (κ3) is 13.7. The van der Waals surface area contributed by atoms with Crippen molar-refractivity contribution >= 4 is 28.9 Å². The molecule has 41 heavy (non-hydrogen) atoms. The van der Waals surface area contributed by atoms with Crippen molar-refractivity contribution in [2.24, 2.45) is 4.99 Å². The number of rotatable bonds is 7. The Morgan fingerprint density at radius 3 is 2.07 bits per heavy atom. The Labute approximate surface area is 255 Å². The van der Waals surface area contributed by atoms with E-state index in [1.165, 1.54) is 72.9 Å². The maximum absolute atomic E-state index is 4.99. The Kier molecular flexibility index (Phi) is 21.5. The van der Waals surface area contributed by atoms with Crippen LogP contribution in [0.25, 0.3) is 11.8 Å². The predicted molar refractivity (Wildman–Crippen MR) is 191 cm³/mol. The van der Waals surface area contributed by atoms with Gasteiger partial charge in [-0.05, 0) is 66.5 Å². The molecule has 0 saturated heterocycles. The zero-order valence-electron chi connectivity index (χ0n) is 28.8. The van der Waals surface area contributed by atoms with Gasteiger partial charge in [-0.25, -0.2) is 0 Å². The first-order chi connectivity index (χ1) is 19.8. The maximum Gasteiger partial charge on any atom is 0.0708 e. The second-order valence-electron chi connectivity index (χ2n) is 10.9. The summed E-state index contributed by atoms with van der Waals surface area (Å²) in [6.07, 6.45) is 14.3. The second kappa shape index (κ2) is 23.0. The lowest BCUT2D eigenvalue weighted by Crippen LogP contribution is -1.99. The minimum atomic E-state index is 0.651. The van der Waals surface area contributed by atoms with Gasteiger partial charge in [0.05, 0.1) is 5.69 Å². The molecule has 0 amide bonds. The van der Waals surface area contributed by atoms with Gasteiger partial charge in [0, 0.05) is 29.1 Å². The van der Waals surface area contributed by atoms with Gasteiger partial charge in [-0.3, -0.25) is 4.99 Å². The fourth-order valence-corrected chi connectivity index (χ4v) is 4.51. The van der Waals surface area contributed by atoms with Crippen molar-refractivity contribution in [3.05, 3.63) is 70.8 Å². The van der Waals surface area contributed by atoms with Crippen LogP contribution in [-0.2, 0) is 6.42 Å². The molecule has 1 aliphatic carbocycles. The van der Waals surface area contributed by atoms with Crippen LogP contribution < -0.4 is 5.32 Å². The molecule has 1 N–H and O–H groups in total. The van der Waals surface area contributed by atoms with Crippen molar-refractivity contribution < 1.29 is 0 Å². The van der Waals surface area contributed by atoms with Crippen LogP contribution in [0.15, 0.2) is 53.5 Å². The van der Waals surface area contributed by atoms with Crippen LogP contribution in [0.5, 0.6) is 0 Å². The van der Waals surface area contributed by atoms with E-state index in [1.54, 1.807) is 0 Å². The van der Waals surface area contributed by atoms with Crippen molar-refractivity contribution in [3.63, 3.8) is 0 Å². The molecule has 0 fully saturated rings. The normalized spacial score (nSPS) is 14.3. The number of fused-ring (bicyclic) bond motifs is 2. The Hall–Kier alpha value is -2.61. The minimum absolute atomic E-state index is 0.651. The third-order valence-electron chi connectivity index (χ3n) is 6.75. The number of anilines is 1. The fraction of sp³-hybridized carbons (Fsp3) is 0.564. The van der Waals surface area contributed by atoms with Gasteiger partial charge in [0.15, 0.2) is 0 Å². The van der Waals surface area contributed by atoms with Crippen LogP contribution in [0.4, 0.5) is 11.4 Å². The first-order valence-electron chi connectivity index (χ1n) is 16.8. The molecule has 0 saturated carbocycles. The van der Waals surface area contributed by atoms with Crippen LogP contribution >= 0.6 is 0 Å². The molecular formula is C39H64N2. The quantitative estimate of drug-likeness (QED) is 0.358. The van der Waals surface area contributed by atoms with Gasteiger partial charge < -0.3 is 5.32 Å². The van der Waals surface area contributed by atoms with Crippen molar-refractivity contribution in [2.75, 3.05) is 5.32 Å². The van der Waals surface area contributed by atoms with Gasteiger partial charge in [0.2, 0.25) is 0 Å². The predicted octanol–water partition coefficient (Wildman–Crippen LogP) is 13.6. The van der Waals surface area contributed by atoms with E-state index in [-0.39, 0.29) is 0 Å². The summed E-state index contributed by atoms with van der Waals surface area (Å²) in [5, 5.41) is 3.53. The van der Waals surface area contributed by atoms with Crippen molar-refractivity contribution in [1.82, 2.24) is 0 Å². The van der Waals surface area contributed by atoms with Gasteiger partial charge in [0.25, 0.3) is 0 Å². The summed E-state index contributed by atoms with van der Waals surface area (Å²) in [5.41, 5.74) is 11.2. The summed E-state index contributed by atoms with van der Waals surface area (Å²) in [4.78, 5) is 4.99. The number of hydrogen-bond donors (Lipinski definition) is 1. The molecule has 1 unspecified atom stereocenters. The molecule has 2 aromatic rings. The highest BCUT2D eigenvalue weighted by Crippen LogP contribution is 2.36. The monoisotopic (exact) mass is 561 g/mol. The third-order valence-corrected chi connectivity index (χ3v) is 6.75. The van der Waals surface area contributed by atoms with Crippen molar-refractivity contribution in [1.29, 1.82) is 0 Å². The number of aryl methyl sites for hydroxylation is 1. The molecule has 2 nitrogen and oxygen atoms in total. The summed E-state index contributed by atoms with van der Waals surface area (Å²) in [7, 11) is 0. The molecule has 0 spiro atoms. The SMILES string of the molecule is C=C(Nc1ccc2c(c1)C(C)CC2)c1ccc2c(c1)N=C(CC)CC(CCC)=C2.CC.CCC.CCC.CCCC. The van der Waals surface area contributed by atoms with E-state index < -0.39 is 0 Å². The molecular weight excluding hydrogens is 496 g/mol. The average molecular weight is 561 g/mol. The molecule has 1 atom stereocenters. The number of aliphatic imine (C=N–C) groups is 1. The number of nitrogens with zero attached hydrogens (tertiary/aromatic N) is 1. The van der Waals surface area contributed by atoms with E-state index in [4.69, 9.17) is 4.99 Å². The second-order valence-corrected chi connectivity index (χ2v) is 10.9. The smallest absolute Gasteiger partial charge is 0.0708 e. The molecule has 0 radical (unpaired) electrons. The summed E-state index contributed by atoms with van der Waals surface area (Å²) in [6, 6.07) is 13.3. The number of benzene rings is 2. The molecule has 1 aliphatic heterocycles. The first-order valence-corrected chi connectivity index (χ1v) is 16.8. The number of unbranched alkanes of at least 4 members (excludes halogenated alkanes) is 1. The van der Waals surface area contributed by atoms with Gasteiger partial charge in [-0.1, -0.05) is 145 Å². The van der Waals surface area contributed by atoms with Crippen molar-refractivity contribution in [2.45, 2.75) is 146 Å². The van der Waals surface area contributed by atoms with Gasteiger partial charge in [0.1, 0.15) is 0 Å². The number of nitrogens with one attached hydrogen (secondary N) is 1. The van der Waals surface area contributed by atoms with E-state index in [2.05, 4.69) is 117 Å². The highest BCUT2D eigenvalue weighted by molar-refractivity contribution is 5.93. The van der Waals surface area contributed by atoms with Crippen LogP contribution in [-0.4, -0.2) is 5.71 Å². The standard InChI is InChI=1S/C27H32N2.C4H10.2C3H8.C2H6/c1-5-7-20-14-23-11-10-22(16-27(23)29-24(6-2)15-20)19(4)28-25-13-12-21-9-8-18(3)26(21)17-25;1-3-4-2;2*1-3-2;1-2/h10-14,16-18,28H,4-9,15H2,1-3H3;3-4H2,1-2H3;2*3H2,1-2H3;1-2H3. The van der Waals surface area contributed by atoms with E-state index in [9.17, 15) is 0 Å².